The molecule has 1 nitrogen and oxygen atoms in total. The molecular formula is C12H17IO. The fourth-order valence-corrected chi connectivity index (χ4v) is 1.66. The number of alkyl halides is 1. The predicted molar refractivity (Wildman–Crippen MR) is 69.3 cm³/mol. The number of hydrogen-bond donors (Lipinski definition) is 0. The summed E-state index contributed by atoms with van der Waals surface area (Å²) in [4.78, 5) is 0. The molecule has 1 atom stereocenters. The Balaban J connectivity index is 2.10. The zero-order chi connectivity index (χ0) is 10.2. The van der Waals surface area contributed by atoms with Crippen LogP contribution in [0.15, 0.2) is 30.3 Å². The van der Waals surface area contributed by atoms with Crippen LogP contribution in [0, 0.1) is 0 Å². The van der Waals surface area contributed by atoms with Crippen molar-refractivity contribution >= 4 is 22.6 Å². The smallest absolute Gasteiger partial charge is 0.119 e. The van der Waals surface area contributed by atoms with E-state index in [1.165, 1.54) is 12.8 Å². The normalized spacial score (nSPS) is 12.4. The molecule has 0 bridgehead atoms. The largest absolute Gasteiger partial charge is 0.494 e. The van der Waals surface area contributed by atoms with Gasteiger partial charge < -0.3 is 4.74 Å². The molecule has 0 amide bonds. The maximum Gasteiger partial charge on any atom is 0.119 e. The van der Waals surface area contributed by atoms with Gasteiger partial charge in [-0.3, -0.25) is 0 Å². The Morgan fingerprint density at radius 3 is 2.64 bits per heavy atom. The minimum absolute atomic E-state index is 0.798. The summed E-state index contributed by atoms with van der Waals surface area (Å²) in [6, 6.07) is 10.0. The minimum Gasteiger partial charge on any atom is -0.494 e. The lowest BCUT2D eigenvalue weighted by molar-refractivity contribution is 0.306. The summed E-state index contributed by atoms with van der Waals surface area (Å²) in [5.74, 6) is 0.981. The lowest BCUT2D eigenvalue weighted by Gasteiger charge is -2.08. The Morgan fingerprint density at radius 1 is 1.29 bits per heavy atom. The van der Waals surface area contributed by atoms with E-state index in [4.69, 9.17) is 4.74 Å². The molecule has 1 rings (SSSR count). The fourth-order valence-electron chi connectivity index (χ4n) is 1.22. The molecule has 1 unspecified atom stereocenters. The maximum atomic E-state index is 5.60. The summed E-state index contributed by atoms with van der Waals surface area (Å²) >= 11 is 2.50. The number of benzene rings is 1. The summed E-state index contributed by atoms with van der Waals surface area (Å²) in [6.07, 6.45) is 3.66. The van der Waals surface area contributed by atoms with Gasteiger partial charge in [-0.15, -0.1) is 0 Å². The zero-order valence-electron chi connectivity index (χ0n) is 8.58. The van der Waals surface area contributed by atoms with E-state index in [2.05, 4.69) is 29.5 Å². The van der Waals surface area contributed by atoms with E-state index in [9.17, 15) is 0 Å². The van der Waals surface area contributed by atoms with E-state index in [0.29, 0.717) is 0 Å². The van der Waals surface area contributed by atoms with Crippen LogP contribution in [-0.2, 0) is 0 Å². The number of rotatable bonds is 6. The average Bonchev–Trinajstić information content (AvgIpc) is 2.25. The van der Waals surface area contributed by atoms with Crippen LogP contribution in [0.25, 0.3) is 0 Å². The molecule has 0 aliphatic carbocycles. The van der Waals surface area contributed by atoms with Gasteiger partial charge in [-0.05, 0) is 31.4 Å². The number of para-hydroxylation sites is 1. The van der Waals surface area contributed by atoms with Crippen LogP contribution >= 0.6 is 22.6 Å². The molecule has 0 saturated heterocycles. The molecule has 0 aliphatic heterocycles. The van der Waals surface area contributed by atoms with Crippen LogP contribution in [-0.4, -0.2) is 10.5 Å². The highest BCUT2D eigenvalue weighted by Gasteiger charge is 1.99. The molecule has 0 aromatic heterocycles. The fraction of sp³-hybridized carbons (Fsp3) is 0.500. The van der Waals surface area contributed by atoms with Gasteiger partial charge in [-0.2, -0.15) is 0 Å². The molecule has 0 radical (unpaired) electrons. The average molecular weight is 304 g/mol. The third-order valence-electron chi connectivity index (χ3n) is 2.12. The van der Waals surface area contributed by atoms with Gasteiger partial charge in [0.2, 0.25) is 0 Å². The monoisotopic (exact) mass is 304 g/mol. The molecule has 0 spiro atoms. The second-order valence-corrected chi connectivity index (χ2v) is 5.07. The second-order valence-electron chi connectivity index (χ2n) is 3.31. The SMILES string of the molecule is CCC(I)CCCOc1ccccc1. The van der Waals surface area contributed by atoms with Crippen molar-refractivity contribution in [3.05, 3.63) is 30.3 Å². The molecule has 14 heavy (non-hydrogen) atoms. The van der Waals surface area contributed by atoms with Gasteiger partial charge in [0.05, 0.1) is 6.61 Å². The lowest BCUT2D eigenvalue weighted by Crippen LogP contribution is -2.01. The van der Waals surface area contributed by atoms with E-state index in [0.717, 1.165) is 22.7 Å². The lowest BCUT2D eigenvalue weighted by atomic mass is 10.2. The van der Waals surface area contributed by atoms with Crippen LogP contribution in [0.5, 0.6) is 5.75 Å². The van der Waals surface area contributed by atoms with Crippen molar-refractivity contribution in [3.63, 3.8) is 0 Å². The Kier molecular flexibility index (Phi) is 5.99. The standard InChI is InChI=1S/C12H17IO/c1-2-11(13)7-6-10-14-12-8-4-3-5-9-12/h3-5,8-9,11H,2,6-7,10H2,1H3. The topological polar surface area (TPSA) is 9.23 Å². The van der Waals surface area contributed by atoms with Crippen molar-refractivity contribution in [2.24, 2.45) is 0 Å². The van der Waals surface area contributed by atoms with Gasteiger partial charge in [-0.25, -0.2) is 0 Å². The van der Waals surface area contributed by atoms with E-state index >= 15 is 0 Å². The van der Waals surface area contributed by atoms with Crippen LogP contribution in [0.1, 0.15) is 26.2 Å². The zero-order valence-corrected chi connectivity index (χ0v) is 10.7. The Hall–Kier alpha value is -0.250. The Bertz CT molecular complexity index is 235. The van der Waals surface area contributed by atoms with Crippen molar-refractivity contribution in [2.75, 3.05) is 6.61 Å². The van der Waals surface area contributed by atoms with Gasteiger partial charge in [0.25, 0.3) is 0 Å². The van der Waals surface area contributed by atoms with Crippen LogP contribution in [0.4, 0.5) is 0 Å². The summed E-state index contributed by atoms with van der Waals surface area (Å²) in [6.45, 7) is 3.07. The van der Waals surface area contributed by atoms with Crippen molar-refractivity contribution in [3.8, 4) is 5.75 Å². The van der Waals surface area contributed by atoms with Crippen LogP contribution in [0.3, 0.4) is 0 Å². The first-order valence-corrected chi connectivity index (χ1v) is 6.39. The van der Waals surface area contributed by atoms with Crippen LogP contribution in [0.2, 0.25) is 0 Å². The maximum absolute atomic E-state index is 5.60. The summed E-state index contributed by atoms with van der Waals surface area (Å²) in [5, 5.41) is 0. The molecular weight excluding hydrogens is 287 g/mol. The molecule has 2 heteroatoms. The highest BCUT2D eigenvalue weighted by molar-refractivity contribution is 14.1. The minimum atomic E-state index is 0.798. The van der Waals surface area contributed by atoms with Crippen molar-refractivity contribution in [2.45, 2.75) is 30.1 Å². The highest BCUT2D eigenvalue weighted by Crippen LogP contribution is 2.13. The van der Waals surface area contributed by atoms with Crippen molar-refractivity contribution in [1.29, 1.82) is 0 Å². The van der Waals surface area contributed by atoms with E-state index < -0.39 is 0 Å². The number of hydrogen-bond acceptors (Lipinski definition) is 1. The molecule has 0 heterocycles. The molecule has 0 N–H and O–H groups in total. The van der Waals surface area contributed by atoms with Gasteiger partial charge in [-0.1, -0.05) is 47.7 Å². The number of ether oxygens (including phenoxy) is 1. The summed E-state index contributed by atoms with van der Waals surface area (Å²) in [5.41, 5.74) is 0. The summed E-state index contributed by atoms with van der Waals surface area (Å²) < 4.78 is 6.40. The van der Waals surface area contributed by atoms with Gasteiger partial charge in [0.15, 0.2) is 0 Å². The molecule has 0 saturated carbocycles. The van der Waals surface area contributed by atoms with E-state index in [1.807, 2.05) is 30.3 Å². The first kappa shape index (κ1) is 11.8. The van der Waals surface area contributed by atoms with Crippen molar-refractivity contribution < 1.29 is 4.74 Å². The first-order chi connectivity index (χ1) is 6.83. The first-order valence-electron chi connectivity index (χ1n) is 5.15. The quantitative estimate of drug-likeness (QED) is 0.437. The number of halogens is 1. The third kappa shape index (κ3) is 4.84. The molecule has 78 valence electrons. The Morgan fingerprint density at radius 2 is 2.00 bits per heavy atom. The molecule has 0 fully saturated rings. The predicted octanol–water partition coefficient (Wildman–Crippen LogP) is 4.06. The molecule has 1 aromatic carbocycles. The van der Waals surface area contributed by atoms with E-state index in [1.54, 1.807) is 0 Å². The Labute approximate surface area is 100.0 Å². The van der Waals surface area contributed by atoms with E-state index in [-0.39, 0.29) is 0 Å². The highest BCUT2D eigenvalue weighted by atomic mass is 127. The van der Waals surface area contributed by atoms with Gasteiger partial charge in [0, 0.05) is 3.92 Å². The summed E-state index contributed by atoms with van der Waals surface area (Å²) in [7, 11) is 0. The second kappa shape index (κ2) is 7.10. The molecule has 1 aromatic rings. The van der Waals surface area contributed by atoms with Crippen molar-refractivity contribution in [1.82, 2.24) is 0 Å². The molecule has 0 aliphatic rings. The van der Waals surface area contributed by atoms with Gasteiger partial charge in [0.1, 0.15) is 5.75 Å². The third-order valence-corrected chi connectivity index (χ3v) is 3.62. The van der Waals surface area contributed by atoms with Crippen LogP contribution < -0.4 is 4.74 Å². The van der Waals surface area contributed by atoms with Gasteiger partial charge >= 0.3 is 0 Å².